The molecule has 1 aromatic carbocycles. The Kier molecular flexibility index (Phi) is 5.38. The molecule has 0 unspecified atom stereocenters. The van der Waals surface area contributed by atoms with Crippen LogP contribution in [-0.2, 0) is 0 Å². The van der Waals surface area contributed by atoms with Gasteiger partial charge in [-0.05, 0) is 59.5 Å². The first-order valence-corrected chi connectivity index (χ1v) is 8.60. The highest BCUT2D eigenvalue weighted by Gasteiger charge is 2.16. The van der Waals surface area contributed by atoms with Crippen molar-refractivity contribution < 1.29 is 0 Å². The zero-order chi connectivity index (χ0) is 15.6. The Morgan fingerprint density at radius 1 is 1.19 bits per heavy atom. The second-order valence-electron chi connectivity index (χ2n) is 5.24. The molecule has 1 N–H and O–H groups in total. The predicted molar refractivity (Wildman–Crippen MR) is 95.9 cm³/mol. The molecule has 0 saturated heterocycles. The third kappa shape index (κ3) is 3.64. The Morgan fingerprint density at radius 2 is 1.90 bits per heavy atom. The van der Waals surface area contributed by atoms with Crippen LogP contribution in [0.4, 0.5) is 5.82 Å². The minimum Gasteiger partial charge on any atom is -0.369 e. The number of hydrogen-bond acceptors (Lipinski definition) is 3. The second-order valence-corrected chi connectivity index (χ2v) is 6.95. The standard InChI is InChI=1S/C16H19Br2N3/c1-5-19-16-13(18)14(9(2)3)20-15(21-16)12-7-6-11(17)8-10(12)4/h6-9H,5H2,1-4H3,(H,19,20,21). The number of aromatic nitrogens is 2. The molecule has 0 bridgehead atoms. The fourth-order valence-electron chi connectivity index (χ4n) is 2.13. The lowest BCUT2D eigenvalue weighted by Crippen LogP contribution is -2.07. The van der Waals surface area contributed by atoms with Gasteiger partial charge in [-0.15, -0.1) is 0 Å². The van der Waals surface area contributed by atoms with Gasteiger partial charge in [-0.1, -0.05) is 29.8 Å². The number of aryl methyl sites for hydroxylation is 1. The van der Waals surface area contributed by atoms with E-state index in [0.29, 0.717) is 5.92 Å². The van der Waals surface area contributed by atoms with E-state index in [1.54, 1.807) is 0 Å². The van der Waals surface area contributed by atoms with E-state index in [2.05, 4.69) is 82.0 Å². The molecule has 2 aromatic rings. The number of anilines is 1. The van der Waals surface area contributed by atoms with Crippen LogP contribution in [0.3, 0.4) is 0 Å². The first-order chi connectivity index (χ1) is 9.93. The summed E-state index contributed by atoms with van der Waals surface area (Å²) in [5.41, 5.74) is 3.24. The SMILES string of the molecule is CCNc1nc(-c2ccc(Br)cc2C)nc(C(C)C)c1Br. The predicted octanol–water partition coefficient (Wildman–Crippen LogP) is 5.53. The molecule has 0 saturated carbocycles. The van der Waals surface area contributed by atoms with E-state index >= 15 is 0 Å². The van der Waals surface area contributed by atoms with Gasteiger partial charge < -0.3 is 5.32 Å². The first-order valence-electron chi connectivity index (χ1n) is 7.01. The molecular formula is C16H19Br2N3. The maximum atomic E-state index is 4.76. The Balaban J connectivity index is 2.62. The van der Waals surface area contributed by atoms with Crippen LogP contribution >= 0.6 is 31.9 Å². The van der Waals surface area contributed by atoms with Crippen LogP contribution in [0.5, 0.6) is 0 Å². The quantitative estimate of drug-likeness (QED) is 0.716. The van der Waals surface area contributed by atoms with Crippen molar-refractivity contribution in [3.05, 3.63) is 38.4 Å². The van der Waals surface area contributed by atoms with Crippen molar-refractivity contribution in [1.29, 1.82) is 0 Å². The van der Waals surface area contributed by atoms with E-state index in [-0.39, 0.29) is 0 Å². The Labute approximate surface area is 142 Å². The molecule has 0 spiro atoms. The van der Waals surface area contributed by atoms with Gasteiger partial charge >= 0.3 is 0 Å². The van der Waals surface area contributed by atoms with Gasteiger partial charge in [-0.25, -0.2) is 9.97 Å². The maximum Gasteiger partial charge on any atom is 0.162 e. The van der Waals surface area contributed by atoms with Crippen LogP contribution in [0.2, 0.25) is 0 Å². The Hall–Kier alpha value is -0.940. The lowest BCUT2D eigenvalue weighted by Gasteiger charge is -2.15. The molecule has 0 amide bonds. The molecule has 0 fully saturated rings. The fraction of sp³-hybridized carbons (Fsp3) is 0.375. The van der Waals surface area contributed by atoms with Crippen molar-refractivity contribution in [2.45, 2.75) is 33.6 Å². The number of rotatable bonds is 4. The summed E-state index contributed by atoms with van der Waals surface area (Å²) in [6.45, 7) is 9.25. The number of nitrogens with one attached hydrogen (secondary N) is 1. The van der Waals surface area contributed by atoms with Crippen molar-refractivity contribution >= 4 is 37.7 Å². The summed E-state index contributed by atoms with van der Waals surface area (Å²) in [4.78, 5) is 9.44. The molecule has 5 heteroatoms. The Morgan fingerprint density at radius 3 is 2.48 bits per heavy atom. The largest absolute Gasteiger partial charge is 0.369 e. The third-order valence-corrected chi connectivity index (χ3v) is 4.47. The summed E-state index contributed by atoms with van der Waals surface area (Å²) >= 11 is 7.12. The van der Waals surface area contributed by atoms with Crippen molar-refractivity contribution in [1.82, 2.24) is 9.97 Å². The summed E-state index contributed by atoms with van der Waals surface area (Å²) < 4.78 is 2.02. The van der Waals surface area contributed by atoms with Gasteiger partial charge in [0, 0.05) is 16.6 Å². The molecule has 0 aliphatic rings. The van der Waals surface area contributed by atoms with Crippen molar-refractivity contribution in [2.24, 2.45) is 0 Å². The molecule has 1 aromatic heterocycles. The Bertz CT molecular complexity index is 654. The van der Waals surface area contributed by atoms with Gasteiger partial charge in [0.05, 0.1) is 10.2 Å². The minimum absolute atomic E-state index is 0.328. The van der Waals surface area contributed by atoms with Crippen LogP contribution in [0.25, 0.3) is 11.4 Å². The fourth-order valence-corrected chi connectivity index (χ4v) is 3.38. The van der Waals surface area contributed by atoms with Crippen molar-refractivity contribution in [3.63, 3.8) is 0 Å². The van der Waals surface area contributed by atoms with E-state index in [9.17, 15) is 0 Å². The maximum absolute atomic E-state index is 4.76. The summed E-state index contributed by atoms with van der Waals surface area (Å²) in [7, 11) is 0. The molecule has 0 atom stereocenters. The molecular weight excluding hydrogens is 394 g/mol. The molecule has 3 nitrogen and oxygen atoms in total. The van der Waals surface area contributed by atoms with Gasteiger partial charge in [0.1, 0.15) is 5.82 Å². The topological polar surface area (TPSA) is 37.8 Å². The van der Waals surface area contributed by atoms with Crippen LogP contribution < -0.4 is 5.32 Å². The molecule has 21 heavy (non-hydrogen) atoms. The average molecular weight is 413 g/mol. The highest BCUT2D eigenvalue weighted by atomic mass is 79.9. The summed E-state index contributed by atoms with van der Waals surface area (Å²) in [6.07, 6.45) is 0. The number of nitrogens with zero attached hydrogens (tertiary/aromatic N) is 2. The monoisotopic (exact) mass is 411 g/mol. The van der Waals surface area contributed by atoms with E-state index < -0.39 is 0 Å². The molecule has 0 radical (unpaired) electrons. The third-order valence-electron chi connectivity index (χ3n) is 3.20. The smallest absolute Gasteiger partial charge is 0.162 e. The number of halogens is 2. The van der Waals surface area contributed by atoms with Gasteiger partial charge in [-0.2, -0.15) is 0 Å². The molecule has 2 rings (SSSR count). The van der Waals surface area contributed by atoms with Crippen LogP contribution in [0.15, 0.2) is 27.1 Å². The van der Waals surface area contributed by atoms with E-state index in [1.165, 1.54) is 0 Å². The summed E-state index contributed by atoms with van der Waals surface area (Å²) in [5.74, 6) is 1.95. The van der Waals surface area contributed by atoms with Gasteiger partial charge in [-0.3, -0.25) is 0 Å². The van der Waals surface area contributed by atoms with Gasteiger partial charge in [0.15, 0.2) is 5.82 Å². The van der Waals surface area contributed by atoms with Crippen LogP contribution in [-0.4, -0.2) is 16.5 Å². The zero-order valence-electron chi connectivity index (χ0n) is 12.7. The average Bonchev–Trinajstić information content (AvgIpc) is 2.41. The second kappa shape index (κ2) is 6.88. The van der Waals surface area contributed by atoms with E-state index in [4.69, 9.17) is 4.98 Å². The summed E-state index contributed by atoms with van der Waals surface area (Å²) in [6, 6.07) is 6.17. The lowest BCUT2D eigenvalue weighted by atomic mass is 10.1. The lowest BCUT2D eigenvalue weighted by molar-refractivity contribution is 0.809. The van der Waals surface area contributed by atoms with Gasteiger partial charge in [0.2, 0.25) is 0 Å². The van der Waals surface area contributed by atoms with Crippen LogP contribution in [0, 0.1) is 6.92 Å². The molecule has 0 aliphatic heterocycles. The zero-order valence-corrected chi connectivity index (χ0v) is 15.8. The number of hydrogen-bond donors (Lipinski definition) is 1. The van der Waals surface area contributed by atoms with Gasteiger partial charge in [0.25, 0.3) is 0 Å². The highest BCUT2D eigenvalue weighted by Crippen LogP contribution is 2.32. The van der Waals surface area contributed by atoms with E-state index in [1.807, 2.05) is 6.07 Å². The molecule has 0 aliphatic carbocycles. The van der Waals surface area contributed by atoms with Crippen LogP contribution in [0.1, 0.15) is 37.9 Å². The summed E-state index contributed by atoms with van der Waals surface area (Å²) in [5, 5.41) is 3.30. The normalized spacial score (nSPS) is 11.0. The molecule has 1 heterocycles. The highest BCUT2D eigenvalue weighted by molar-refractivity contribution is 9.11. The molecule has 112 valence electrons. The van der Waals surface area contributed by atoms with E-state index in [0.717, 1.165) is 44.0 Å². The first kappa shape index (κ1) is 16.4. The number of benzene rings is 1. The van der Waals surface area contributed by atoms with Crippen molar-refractivity contribution in [2.75, 3.05) is 11.9 Å². The van der Waals surface area contributed by atoms with Crippen molar-refractivity contribution in [3.8, 4) is 11.4 Å². The minimum atomic E-state index is 0.328.